The minimum atomic E-state index is 0.274. The van der Waals surface area contributed by atoms with Gasteiger partial charge in [0.25, 0.3) is 0 Å². The van der Waals surface area contributed by atoms with Crippen LogP contribution in [0.3, 0.4) is 0 Å². The van der Waals surface area contributed by atoms with Crippen molar-refractivity contribution < 1.29 is 0 Å². The van der Waals surface area contributed by atoms with E-state index in [2.05, 4.69) is 46.1 Å². The highest BCUT2D eigenvalue weighted by molar-refractivity contribution is 5.82. The normalized spacial score (nSPS) is 12.8. The molecule has 3 aromatic rings. The summed E-state index contributed by atoms with van der Waals surface area (Å²) in [6, 6.07) is 10.3. The standard InChI is InChI=1S/C14H13N3/c1-10(13-8-15-9-17-13)12-6-2-4-11-5-3-7-16-14(11)12/h2-10H,1H3,(H,15,17)/t10-/m1/s1. The Balaban J connectivity index is 2.17. The molecule has 0 spiro atoms. The molecule has 0 fully saturated rings. The van der Waals surface area contributed by atoms with E-state index in [1.54, 1.807) is 6.33 Å². The zero-order valence-corrected chi connectivity index (χ0v) is 9.59. The molecule has 0 aliphatic carbocycles. The van der Waals surface area contributed by atoms with Crippen molar-refractivity contribution in [1.29, 1.82) is 0 Å². The van der Waals surface area contributed by atoms with Gasteiger partial charge in [0.05, 0.1) is 11.8 Å². The van der Waals surface area contributed by atoms with Gasteiger partial charge in [0, 0.05) is 29.4 Å². The maximum atomic E-state index is 4.48. The van der Waals surface area contributed by atoms with Crippen LogP contribution in [0.4, 0.5) is 0 Å². The first-order valence-corrected chi connectivity index (χ1v) is 5.68. The number of nitrogens with one attached hydrogen (secondary N) is 1. The average molecular weight is 223 g/mol. The first kappa shape index (κ1) is 10.0. The van der Waals surface area contributed by atoms with Gasteiger partial charge in [-0.15, -0.1) is 0 Å². The summed E-state index contributed by atoms with van der Waals surface area (Å²) in [5, 5.41) is 1.18. The molecule has 0 aliphatic heterocycles. The average Bonchev–Trinajstić information content (AvgIpc) is 2.91. The Bertz CT molecular complexity index is 624. The summed E-state index contributed by atoms with van der Waals surface area (Å²) in [4.78, 5) is 11.7. The molecule has 0 saturated heterocycles. The lowest BCUT2D eigenvalue weighted by Crippen LogP contribution is -1.98. The second-order valence-corrected chi connectivity index (χ2v) is 4.15. The molecule has 0 amide bonds. The molecule has 0 bridgehead atoms. The van der Waals surface area contributed by atoms with E-state index in [4.69, 9.17) is 0 Å². The summed E-state index contributed by atoms with van der Waals surface area (Å²) in [7, 11) is 0. The minimum absolute atomic E-state index is 0.274. The monoisotopic (exact) mass is 223 g/mol. The van der Waals surface area contributed by atoms with E-state index in [1.807, 2.05) is 18.5 Å². The molecule has 1 aromatic carbocycles. The van der Waals surface area contributed by atoms with Crippen molar-refractivity contribution in [3.8, 4) is 0 Å². The summed E-state index contributed by atoms with van der Waals surface area (Å²) >= 11 is 0. The number of pyridine rings is 1. The molecule has 0 unspecified atom stereocenters. The van der Waals surface area contributed by atoms with E-state index in [-0.39, 0.29) is 5.92 Å². The lowest BCUT2D eigenvalue weighted by Gasteiger charge is -2.12. The molecular formula is C14H13N3. The molecule has 17 heavy (non-hydrogen) atoms. The highest BCUT2D eigenvalue weighted by Crippen LogP contribution is 2.27. The maximum Gasteiger partial charge on any atom is 0.0921 e. The SMILES string of the molecule is C[C@@H](c1cnc[nH]1)c1cccc2cccnc12. The van der Waals surface area contributed by atoms with Crippen LogP contribution < -0.4 is 0 Å². The molecule has 3 nitrogen and oxygen atoms in total. The van der Waals surface area contributed by atoms with E-state index < -0.39 is 0 Å². The van der Waals surface area contributed by atoms with Gasteiger partial charge in [-0.05, 0) is 11.6 Å². The first-order chi connectivity index (χ1) is 8.36. The molecule has 3 rings (SSSR count). The predicted molar refractivity (Wildman–Crippen MR) is 67.8 cm³/mol. The van der Waals surface area contributed by atoms with Crippen LogP contribution in [0.15, 0.2) is 49.1 Å². The second-order valence-electron chi connectivity index (χ2n) is 4.15. The van der Waals surface area contributed by atoms with Crippen LogP contribution in [-0.2, 0) is 0 Å². The summed E-state index contributed by atoms with van der Waals surface area (Å²) in [5.74, 6) is 0.274. The van der Waals surface area contributed by atoms with Crippen molar-refractivity contribution >= 4 is 10.9 Å². The van der Waals surface area contributed by atoms with Crippen molar-refractivity contribution in [2.24, 2.45) is 0 Å². The van der Waals surface area contributed by atoms with Gasteiger partial charge in [0.1, 0.15) is 0 Å². The lowest BCUT2D eigenvalue weighted by molar-refractivity contribution is 0.889. The Labute approximate surface area is 99.5 Å². The van der Waals surface area contributed by atoms with Crippen LogP contribution in [0.2, 0.25) is 0 Å². The number of rotatable bonds is 2. The highest BCUT2D eigenvalue weighted by atomic mass is 14.9. The van der Waals surface area contributed by atoms with Crippen LogP contribution >= 0.6 is 0 Å². The van der Waals surface area contributed by atoms with E-state index in [0.29, 0.717) is 0 Å². The fraction of sp³-hybridized carbons (Fsp3) is 0.143. The Morgan fingerprint density at radius 1 is 1.18 bits per heavy atom. The number of hydrogen-bond donors (Lipinski definition) is 1. The molecule has 0 saturated carbocycles. The molecule has 2 heterocycles. The topological polar surface area (TPSA) is 41.6 Å². The number of fused-ring (bicyclic) bond motifs is 1. The smallest absolute Gasteiger partial charge is 0.0921 e. The maximum absolute atomic E-state index is 4.48. The van der Waals surface area contributed by atoms with Gasteiger partial charge in [-0.1, -0.05) is 31.2 Å². The molecule has 0 radical (unpaired) electrons. The number of benzene rings is 1. The molecule has 2 aromatic heterocycles. The van der Waals surface area contributed by atoms with Crippen LogP contribution in [0, 0.1) is 0 Å². The molecule has 1 atom stereocenters. The third-order valence-corrected chi connectivity index (χ3v) is 3.12. The van der Waals surface area contributed by atoms with Gasteiger partial charge in [-0.3, -0.25) is 4.98 Å². The van der Waals surface area contributed by atoms with Gasteiger partial charge in [0.2, 0.25) is 0 Å². The number of hydrogen-bond acceptors (Lipinski definition) is 2. The quantitative estimate of drug-likeness (QED) is 0.725. The predicted octanol–water partition coefficient (Wildman–Crippen LogP) is 3.11. The number of aromatic nitrogens is 3. The van der Waals surface area contributed by atoms with Crippen molar-refractivity contribution in [3.63, 3.8) is 0 Å². The van der Waals surface area contributed by atoms with Gasteiger partial charge in [0.15, 0.2) is 0 Å². The van der Waals surface area contributed by atoms with E-state index in [1.165, 1.54) is 10.9 Å². The Hall–Kier alpha value is -2.16. The molecule has 3 heteroatoms. The van der Waals surface area contributed by atoms with E-state index in [9.17, 15) is 0 Å². The second kappa shape index (κ2) is 4.01. The number of imidazole rings is 1. The molecule has 0 aliphatic rings. The van der Waals surface area contributed by atoms with Crippen LogP contribution in [0.25, 0.3) is 10.9 Å². The van der Waals surface area contributed by atoms with Crippen LogP contribution in [0.5, 0.6) is 0 Å². The van der Waals surface area contributed by atoms with Crippen molar-refractivity contribution in [3.05, 3.63) is 60.3 Å². The number of para-hydroxylation sites is 1. The largest absolute Gasteiger partial charge is 0.348 e. The zero-order valence-electron chi connectivity index (χ0n) is 9.59. The van der Waals surface area contributed by atoms with Gasteiger partial charge >= 0.3 is 0 Å². The molecule has 84 valence electrons. The zero-order chi connectivity index (χ0) is 11.7. The number of H-pyrrole nitrogens is 1. The molecular weight excluding hydrogens is 210 g/mol. The third-order valence-electron chi connectivity index (χ3n) is 3.12. The summed E-state index contributed by atoms with van der Waals surface area (Å²) in [6.07, 6.45) is 5.42. The fourth-order valence-corrected chi connectivity index (χ4v) is 2.15. The van der Waals surface area contributed by atoms with Crippen molar-refractivity contribution in [2.45, 2.75) is 12.8 Å². The van der Waals surface area contributed by atoms with Gasteiger partial charge < -0.3 is 4.98 Å². The first-order valence-electron chi connectivity index (χ1n) is 5.68. The Kier molecular flexibility index (Phi) is 2.37. The van der Waals surface area contributed by atoms with Gasteiger partial charge in [-0.2, -0.15) is 0 Å². The van der Waals surface area contributed by atoms with Crippen molar-refractivity contribution in [1.82, 2.24) is 15.0 Å². The summed E-state index contributed by atoms with van der Waals surface area (Å²) in [5.41, 5.74) is 3.41. The number of nitrogens with zero attached hydrogens (tertiary/aromatic N) is 2. The fourth-order valence-electron chi connectivity index (χ4n) is 2.15. The Morgan fingerprint density at radius 2 is 2.06 bits per heavy atom. The van der Waals surface area contributed by atoms with Crippen LogP contribution in [-0.4, -0.2) is 15.0 Å². The van der Waals surface area contributed by atoms with E-state index in [0.717, 1.165) is 11.2 Å². The van der Waals surface area contributed by atoms with Gasteiger partial charge in [-0.25, -0.2) is 4.98 Å². The van der Waals surface area contributed by atoms with E-state index >= 15 is 0 Å². The highest BCUT2D eigenvalue weighted by Gasteiger charge is 2.13. The van der Waals surface area contributed by atoms with Crippen LogP contribution in [0.1, 0.15) is 24.1 Å². The Morgan fingerprint density at radius 3 is 2.88 bits per heavy atom. The lowest BCUT2D eigenvalue weighted by atomic mass is 9.96. The molecule has 1 N–H and O–H groups in total. The third kappa shape index (κ3) is 1.69. The summed E-state index contributed by atoms with van der Waals surface area (Å²) < 4.78 is 0. The minimum Gasteiger partial charge on any atom is -0.348 e. The summed E-state index contributed by atoms with van der Waals surface area (Å²) in [6.45, 7) is 2.16. The van der Waals surface area contributed by atoms with Crippen molar-refractivity contribution in [2.75, 3.05) is 0 Å². The number of aromatic amines is 1.